The number of carbonyl (C=O) groups is 2. The summed E-state index contributed by atoms with van der Waals surface area (Å²) < 4.78 is 43.1. The Morgan fingerprint density at radius 1 is 1.26 bits per heavy atom. The van der Waals surface area contributed by atoms with Crippen LogP contribution in [0.25, 0.3) is 0 Å². The lowest BCUT2D eigenvalue weighted by molar-refractivity contribution is -0.192. The Morgan fingerprint density at radius 3 is 2.53 bits per heavy atom. The Balaban J connectivity index is 0.000000406. The first-order valence-corrected chi connectivity index (χ1v) is 11.6. The zero-order chi connectivity index (χ0) is 24.9. The lowest BCUT2D eigenvalue weighted by atomic mass is 9.86. The van der Waals surface area contributed by atoms with Gasteiger partial charge < -0.3 is 19.5 Å². The summed E-state index contributed by atoms with van der Waals surface area (Å²) in [5, 5.41) is 7.12. The van der Waals surface area contributed by atoms with Gasteiger partial charge >= 0.3 is 12.1 Å². The van der Waals surface area contributed by atoms with E-state index in [0.717, 1.165) is 38.4 Å². The molecule has 0 aromatic heterocycles. The fourth-order valence-corrected chi connectivity index (χ4v) is 4.73. The van der Waals surface area contributed by atoms with E-state index in [-0.39, 0.29) is 17.6 Å². The van der Waals surface area contributed by atoms with E-state index in [1.165, 1.54) is 24.0 Å². The summed E-state index contributed by atoms with van der Waals surface area (Å²) in [7, 11) is 1.68. The minimum atomic E-state index is -5.08. The Morgan fingerprint density at radius 2 is 1.94 bits per heavy atom. The highest BCUT2D eigenvalue weighted by Crippen LogP contribution is 2.48. The molecule has 2 heterocycles. The third kappa shape index (κ3) is 6.09. The molecule has 2 aliphatic heterocycles. The fraction of sp³-hybridized carbons (Fsp3) is 0.667. The number of carbonyl (C=O) groups excluding carboxylic acids is 1. The summed E-state index contributed by atoms with van der Waals surface area (Å²) in [6.07, 6.45) is -1.03. The maximum absolute atomic E-state index is 13.2. The Labute approximate surface area is 197 Å². The molecule has 2 unspecified atom stereocenters. The van der Waals surface area contributed by atoms with Crippen LogP contribution in [0.3, 0.4) is 0 Å². The van der Waals surface area contributed by atoms with E-state index in [1.807, 2.05) is 4.90 Å². The first kappa shape index (κ1) is 26.4. The molecule has 0 radical (unpaired) electrons. The van der Waals surface area contributed by atoms with Gasteiger partial charge in [0.25, 0.3) is 5.91 Å². The molecule has 7 nitrogen and oxygen atoms in total. The number of carboxylic acid groups (broad SMARTS) is 1. The summed E-state index contributed by atoms with van der Waals surface area (Å²) >= 11 is 0. The van der Waals surface area contributed by atoms with Crippen molar-refractivity contribution in [2.75, 3.05) is 40.0 Å². The van der Waals surface area contributed by atoms with Gasteiger partial charge in [0.2, 0.25) is 0 Å². The molecule has 1 aromatic carbocycles. The normalized spacial score (nSPS) is 24.0. The molecule has 1 aliphatic carbocycles. The van der Waals surface area contributed by atoms with Gasteiger partial charge in [-0.2, -0.15) is 13.2 Å². The van der Waals surface area contributed by atoms with Gasteiger partial charge in [-0.1, -0.05) is 31.2 Å². The minimum Gasteiger partial charge on any atom is -0.475 e. The van der Waals surface area contributed by atoms with Crippen LogP contribution in [0, 0.1) is 5.92 Å². The average Bonchev–Trinajstić information content (AvgIpc) is 3.42. The van der Waals surface area contributed by atoms with Crippen molar-refractivity contribution in [1.82, 2.24) is 9.80 Å². The highest BCUT2D eigenvalue weighted by Gasteiger charge is 2.53. The van der Waals surface area contributed by atoms with Crippen molar-refractivity contribution in [3.8, 4) is 0 Å². The number of fused-ring (bicyclic) bond motifs is 2. The van der Waals surface area contributed by atoms with Gasteiger partial charge in [-0.25, -0.2) is 4.79 Å². The van der Waals surface area contributed by atoms with E-state index in [1.54, 1.807) is 7.11 Å². The van der Waals surface area contributed by atoms with Crippen LogP contribution in [0.4, 0.5) is 13.2 Å². The molecule has 1 saturated carbocycles. The number of ether oxygens (including phenoxy) is 2. The van der Waals surface area contributed by atoms with Crippen LogP contribution in [0.5, 0.6) is 0 Å². The lowest BCUT2D eigenvalue weighted by Crippen LogP contribution is -2.45. The molecule has 1 saturated heterocycles. The molecular weight excluding hydrogens is 453 g/mol. The maximum atomic E-state index is 13.2. The predicted octanol–water partition coefficient (Wildman–Crippen LogP) is 3.41. The fourth-order valence-electron chi connectivity index (χ4n) is 4.73. The number of carboxylic acids is 1. The molecule has 10 heteroatoms. The average molecular weight is 487 g/mol. The molecule has 4 rings (SSSR count). The predicted molar refractivity (Wildman–Crippen MR) is 118 cm³/mol. The number of amides is 1. The van der Waals surface area contributed by atoms with Crippen molar-refractivity contribution in [3.05, 3.63) is 35.4 Å². The van der Waals surface area contributed by atoms with Gasteiger partial charge in [-0.3, -0.25) is 9.69 Å². The first-order valence-electron chi connectivity index (χ1n) is 11.6. The van der Waals surface area contributed by atoms with Crippen molar-refractivity contribution >= 4 is 11.9 Å². The maximum Gasteiger partial charge on any atom is 0.490 e. The number of aliphatic carboxylic acids is 1. The van der Waals surface area contributed by atoms with Gasteiger partial charge in [0.05, 0.1) is 18.8 Å². The van der Waals surface area contributed by atoms with Crippen LogP contribution < -0.4 is 0 Å². The van der Waals surface area contributed by atoms with Crippen LogP contribution >= 0.6 is 0 Å². The van der Waals surface area contributed by atoms with Crippen LogP contribution in [-0.4, -0.2) is 79.0 Å². The standard InChI is InChI=1S/C22H32N2O3.C2HF3O2/c1-3-10-23(11-12-26-2)21(25)20-13-22(16-27-20)19-7-5-4-6-18(19)15-24(22)14-17-8-9-17;3-2(4,5)1(6)7/h4-7,17,20H,3,8-16H2,1-2H3;(H,6,7). The molecule has 0 bridgehead atoms. The van der Waals surface area contributed by atoms with E-state index in [0.29, 0.717) is 19.8 Å². The number of methoxy groups -OCH3 is 1. The van der Waals surface area contributed by atoms with E-state index < -0.39 is 12.1 Å². The van der Waals surface area contributed by atoms with E-state index in [9.17, 15) is 18.0 Å². The molecule has 34 heavy (non-hydrogen) atoms. The molecule has 2 atom stereocenters. The van der Waals surface area contributed by atoms with Crippen molar-refractivity contribution in [3.63, 3.8) is 0 Å². The SMILES string of the molecule is CCCN(CCOC)C(=O)C1CC2(CO1)c1ccccc1CN2CC1CC1.O=C(O)C(F)(F)F. The Hall–Kier alpha value is -2.17. The zero-order valence-electron chi connectivity index (χ0n) is 19.6. The van der Waals surface area contributed by atoms with Crippen LogP contribution in [0.2, 0.25) is 0 Å². The van der Waals surface area contributed by atoms with Gasteiger partial charge in [0, 0.05) is 39.7 Å². The largest absolute Gasteiger partial charge is 0.490 e. The van der Waals surface area contributed by atoms with Gasteiger partial charge in [0.15, 0.2) is 0 Å². The summed E-state index contributed by atoms with van der Waals surface area (Å²) in [5.74, 6) is -1.81. The van der Waals surface area contributed by atoms with Crippen molar-refractivity contribution in [2.45, 2.75) is 57.0 Å². The molecule has 1 N–H and O–H groups in total. The van der Waals surface area contributed by atoms with Crippen LogP contribution in [-0.2, 0) is 31.1 Å². The number of benzene rings is 1. The number of hydrogen-bond acceptors (Lipinski definition) is 5. The third-order valence-corrected chi connectivity index (χ3v) is 6.60. The van der Waals surface area contributed by atoms with Crippen LogP contribution in [0.15, 0.2) is 24.3 Å². The molecule has 3 aliphatic rings. The topological polar surface area (TPSA) is 79.3 Å². The van der Waals surface area contributed by atoms with Gasteiger partial charge in [-0.05, 0) is 36.3 Å². The van der Waals surface area contributed by atoms with E-state index in [2.05, 4.69) is 36.1 Å². The molecule has 190 valence electrons. The third-order valence-electron chi connectivity index (χ3n) is 6.60. The highest BCUT2D eigenvalue weighted by molar-refractivity contribution is 5.81. The van der Waals surface area contributed by atoms with Gasteiger partial charge in [0.1, 0.15) is 6.10 Å². The van der Waals surface area contributed by atoms with Crippen LogP contribution in [0.1, 0.15) is 43.7 Å². The molecule has 2 fully saturated rings. The molecule has 1 aromatic rings. The number of nitrogens with zero attached hydrogens (tertiary/aromatic N) is 2. The summed E-state index contributed by atoms with van der Waals surface area (Å²) in [5.41, 5.74) is 2.65. The molecular formula is C24H33F3N2O5. The van der Waals surface area contributed by atoms with Crippen molar-refractivity contribution < 1.29 is 37.3 Å². The summed E-state index contributed by atoms with van der Waals surface area (Å²) in [6, 6.07) is 8.73. The monoisotopic (exact) mass is 486 g/mol. The quantitative estimate of drug-likeness (QED) is 0.607. The summed E-state index contributed by atoms with van der Waals surface area (Å²) in [4.78, 5) is 26.6. The smallest absolute Gasteiger partial charge is 0.475 e. The minimum absolute atomic E-state index is 0.126. The second-order valence-corrected chi connectivity index (χ2v) is 9.14. The Bertz CT molecular complexity index is 861. The lowest BCUT2D eigenvalue weighted by Gasteiger charge is -2.35. The second kappa shape index (κ2) is 11.0. The van der Waals surface area contributed by atoms with E-state index >= 15 is 0 Å². The number of hydrogen-bond donors (Lipinski definition) is 1. The Kier molecular flexibility index (Phi) is 8.59. The summed E-state index contributed by atoms with van der Waals surface area (Å²) in [6.45, 7) is 6.81. The number of rotatable bonds is 8. The zero-order valence-corrected chi connectivity index (χ0v) is 19.6. The van der Waals surface area contributed by atoms with Crippen molar-refractivity contribution in [1.29, 1.82) is 0 Å². The van der Waals surface area contributed by atoms with E-state index in [4.69, 9.17) is 19.4 Å². The highest BCUT2D eigenvalue weighted by atomic mass is 19.4. The molecule has 1 amide bonds. The van der Waals surface area contributed by atoms with Crippen molar-refractivity contribution in [2.24, 2.45) is 5.92 Å². The number of halogens is 3. The molecule has 1 spiro atoms. The first-order chi connectivity index (χ1) is 16.1. The number of alkyl halides is 3. The van der Waals surface area contributed by atoms with Gasteiger partial charge in [-0.15, -0.1) is 0 Å². The second-order valence-electron chi connectivity index (χ2n) is 9.14.